The van der Waals surface area contributed by atoms with Crippen LogP contribution in [0.1, 0.15) is 27.4 Å². The van der Waals surface area contributed by atoms with Crippen molar-refractivity contribution in [3.63, 3.8) is 0 Å². The molecule has 2 N–H and O–H groups in total. The van der Waals surface area contributed by atoms with E-state index in [0.29, 0.717) is 0 Å². The summed E-state index contributed by atoms with van der Waals surface area (Å²) < 4.78 is 19.6. The molecule has 8 heteroatoms. The number of aliphatic carboxylic acids is 1. The van der Waals surface area contributed by atoms with Crippen molar-refractivity contribution in [2.75, 3.05) is 25.5 Å². The first-order valence-corrected chi connectivity index (χ1v) is 10.2. The number of amides is 2. The van der Waals surface area contributed by atoms with E-state index in [2.05, 4.69) is 5.32 Å². The van der Waals surface area contributed by atoms with E-state index >= 15 is 0 Å². The van der Waals surface area contributed by atoms with E-state index in [4.69, 9.17) is 9.84 Å². The van der Waals surface area contributed by atoms with Crippen molar-refractivity contribution in [1.29, 1.82) is 0 Å². The van der Waals surface area contributed by atoms with Gasteiger partial charge in [-0.25, -0.2) is 9.18 Å². The maximum Gasteiger partial charge on any atom is 0.411 e. The summed E-state index contributed by atoms with van der Waals surface area (Å²) in [4.78, 5) is 36.5. The molecule has 0 fully saturated rings. The Hall–Kier alpha value is -4.20. The number of hydrogen-bond acceptors (Lipinski definition) is 4. The van der Waals surface area contributed by atoms with Crippen molar-refractivity contribution in [1.82, 2.24) is 4.90 Å². The first-order valence-electron chi connectivity index (χ1n) is 10.2. The topological polar surface area (TPSA) is 95.9 Å². The quantitative estimate of drug-likeness (QED) is 0.585. The standard InChI is InChI=1S/C25H21FN2O5/c1-28(13-23(29)30)24(31)20-12-15(10-11-22(20)26)27-25(32)33-14-21-18-8-4-2-6-16(18)17-7-3-5-9-19(17)21/h2-12,21H,13-14H2,1H3,(H,27,32)(H,29,30). The van der Waals surface area contributed by atoms with E-state index in [-0.39, 0.29) is 23.8 Å². The van der Waals surface area contributed by atoms with Crippen molar-refractivity contribution in [3.05, 3.63) is 89.2 Å². The third-order valence-electron chi connectivity index (χ3n) is 5.51. The second kappa shape index (κ2) is 9.12. The number of carbonyl (C=O) groups excluding carboxylic acids is 2. The minimum atomic E-state index is -1.22. The number of anilines is 1. The van der Waals surface area contributed by atoms with Gasteiger partial charge in [-0.15, -0.1) is 0 Å². The predicted molar refractivity (Wildman–Crippen MR) is 120 cm³/mol. The third-order valence-corrected chi connectivity index (χ3v) is 5.51. The van der Waals surface area contributed by atoms with Gasteiger partial charge in [0.2, 0.25) is 0 Å². The Labute approximate surface area is 189 Å². The van der Waals surface area contributed by atoms with Crippen LogP contribution in [0.2, 0.25) is 0 Å². The molecule has 1 aliphatic rings. The molecule has 0 aliphatic heterocycles. The first-order chi connectivity index (χ1) is 15.8. The first kappa shape index (κ1) is 22.0. The van der Waals surface area contributed by atoms with Crippen molar-refractivity contribution < 1.29 is 28.6 Å². The van der Waals surface area contributed by atoms with Gasteiger partial charge in [-0.05, 0) is 40.5 Å². The maximum absolute atomic E-state index is 14.2. The number of hydrogen-bond donors (Lipinski definition) is 2. The minimum absolute atomic E-state index is 0.105. The van der Waals surface area contributed by atoms with Gasteiger partial charge in [0.05, 0.1) is 5.56 Å². The molecule has 2 amide bonds. The van der Waals surface area contributed by atoms with Crippen molar-refractivity contribution in [2.24, 2.45) is 0 Å². The molecule has 0 unspecified atom stereocenters. The summed E-state index contributed by atoms with van der Waals surface area (Å²) in [5, 5.41) is 11.3. The van der Waals surface area contributed by atoms with Crippen LogP contribution >= 0.6 is 0 Å². The number of halogens is 1. The highest BCUT2D eigenvalue weighted by molar-refractivity contribution is 5.97. The highest BCUT2D eigenvalue weighted by Gasteiger charge is 2.29. The number of benzene rings is 3. The average molecular weight is 448 g/mol. The van der Waals surface area contributed by atoms with Gasteiger partial charge in [0.15, 0.2) is 0 Å². The normalized spacial score (nSPS) is 11.9. The largest absolute Gasteiger partial charge is 0.480 e. The number of carboxylic acid groups (broad SMARTS) is 1. The molecule has 0 aromatic heterocycles. The summed E-state index contributed by atoms with van der Waals surface area (Å²) in [6, 6.07) is 19.4. The SMILES string of the molecule is CN(CC(=O)O)C(=O)c1cc(NC(=O)OCC2c3ccccc3-c3ccccc32)ccc1F. The van der Waals surface area contributed by atoms with Crippen LogP contribution in [0.15, 0.2) is 66.7 Å². The Balaban J connectivity index is 1.45. The van der Waals surface area contributed by atoms with E-state index in [1.807, 2.05) is 48.5 Å². The molecule has 4 rings (SSSR count). The lowest BCUT2D eigenvalue weighted by atomic mass is 9.98. The molecule has 0 bridgehead atoms. The molecule has 1 aliphatic carbocycles. The fraction of sp³-hybridized carbons (Fsp3) is 0.160. The summed E-state index contributed by atoms with van der Waals surface area (Å²) in [7, 11) is 1.25. The fourth-order valence-electron chi connectivity index (χ4n) is 4.00. The van der Waals surface area contributed by atoms with Crippen LogP contribution in [-0.2, 0) is 9.53 Å². The smallest absolute Gasteiger partial charge is 0.411 e. The van der Waals surface area contributed by atoms with E-state index in [1.165, 1.54) is 13.1 Å². The number of fused-ring (bicyclic) bond motifs is 3. The summed E-state index contributed by atoms with van der Waals surface area (Å²) in [6.45, 7) is -0.476. The molecule has 3 aromatic carbocycles. The van der Waals surface area contributed by atoms with Gasteiger partial charge < -0.3 is 14.7 Å². The Morgan fingerprint density at radius 2 is 1.61 bits per heavy atom. The monoisotopic (exact) mass is 448 g/mol. The lowest BCUT2D eigenvalue weighted by Gasteiger charge is -2.16. The second-order valence-electron chi connectivity index (χ2n) is 7.70. The predicted octanol–water partition coefficient (Wildman–Crippen LogP) is 4.34. The highest BCUT2D eigenvalue weighted by atomic mass is 19.1. The molecular formula is C25H21FN2O5. The Bertz CT molecular complexity index is 1200. The zero-order valence-electron chi connectivity index (χ0n) is 17.7. The minimum Gasteiger partial charge on any atom is -0.480 e. The van der Waals surface area contributed by atoms with Gasteiger partial charge in [0, 0.05) is 18.7 Å². The Kier molecular flexibility index (Phi) is 6.08. The van der Waals surface area contributed by atoms with Gasteiger partial charge in [0.1, 0.15) is 19.0 Å². The van der Waals surface area contributed by atoms with Crippen molar-refractivity contribution >= 4 is 23.7 Å². The van der Waals surface area contributed by atoms with E-state index in [1.54, 1.807) is 0 Å². The molecule has 0 saturated heterocycles. The van der Waals surface area contributed by atoms with Crippen LogP contribution < -0.4 is 5.32 Å². The van der Waals surface area contributed by atoms with Crippen molar-refractivity contribution in [3.8, 4) is 11.1 Å². The third kappa shape index (κ3) is 4.55. The molecule has 3 aromatic rings. The molecule has 7 nitrogen and oxygen atoms in total. The highest BCUT2D eigenvalue weighted by Crippen LogP contribution is 2.44. The van der Waals surface area contributed by atoms with Crippen LogP contribution in [0.5, 0.6) is 0 Å². The fourth-order valence-corrected chi connectivity index (χ4v) is 4.00. The lowest BCUT2D eigenvalue weighted by Crippen LogP contribution is -2.32. The van der Waals surface area contributed by atoms with Crippen LogP contribution in [0.3, 0.4) is 0 Å². The molecule has 0 radical (unpaired) electrons. The van der Waals surface area contributed by atoms with Gasteiger partial charge in [-0.2, -0.15) is 0 Å². The summed E-state index contributed by atoms with van der Waals surface area (Å²) in [5.74, 6) is -2.97. The van der Waals surface area contributed by atoms with E-state index in [0.717, 1.165) is 39.3 Å². The molecular weight excluding hydrogens is 427 g/mol. The van der Waals surface area contributed by atoms with Gasteiger partial charge in [-0.1, -0.05) is 48.5 Å². The number of carboxylic acids is 1. The number of carbonyl (C=O) groups is 3. The number of rotatable bonds is 6. The Morgan fingerprint density at radius 3 is 2.21 bits per heavy atom. The van der Waals surface area contributed by atoms with E-state index in [9.17, 15) is 18.8 Å². The Morgan fingerprint density at radius 1 is 1.00 bits per heavy atom. The van der Waals surface area contributed by atoms with Gasteiger partial charge >= 0.3 is 12.1 Å². The van der Waals surface area contributed by atoms with Crippen LogP contribution in [0, 0.1) is 5.82 Å². The summed E-state index contributed by atoms with van der Waals surface area (Å²) in [6.07, 6.45) is -0.749. The van der Waals surface area contributed by atoms with E-state index < -0.39 is 30.3 Å². The average Bonchev–Trinajstić information content (AvgIpc) is 3.12. The number of ether oxygens (including phenoxy) is 1. The number of likely N-dealkylation sites (N-methyl/N-ethyl adjacent to an activating group) is 1. The molecule has 0 atom stereocenters. The van der Waals surface area contributed by atoms with Gasteiger partial charge in [0.25, 0.3) is 5.91 Å². The summed E-state index contributed by atoms with van der Waals surface area (Å²) in [5.41, 5.74) is 4.16. The molecule has 33 heavy (non-hydrogen) atoms. The zero-order chi connectivity index (χ0) is 23.5. The van der Waals surface area contributed by atoms with Crippen molar-refractivity contribution in [2.45, 2.75) is 5.92 Å². The zero-order valence-corrected chi connectivity index (χ0v) is 17.7. The molecule has 0 heterocycles. The van der Waals surface area contributed by atoms with Gasteiger partial charge in [-0.3, -0.25) is 14.9 Å². The molecule has 168 valence electrons. The number of nitrogens with zero attached hydrogens (tertiary/aromatic N) is 1. The molecule has 0 saturated carbocycles. The van der Waals surface area contributed by atoms with Crippen LogP contribution in [-0.4, -0.2) is 48.2 Å². The van der Waals surface area contributed by atoms with Crippen LogP contribution in [0.25, 0.3) is 11.1 Å². The number of nitrogens with one attached hydrogen (secondary N) is 1. The van der Waals surface area contributed by atoms with Crippen LogP contribution in [0.4, 0.5) is 14.9 Å². The summed E-state index contributed by atoms with van der Waals surface area (Å²) >= 11 is 0. The lowest BCUT2D eigenvalue weighted by molar-refractivity contribution is -0.137. The maximum atomic E-state index is 14.2. The molecule has 0 spiro atoms. The second-order valence-corrected chi connectivity index (χ2v) is 7.70.